The minimum Gasteiger partial charge on any atom is -0.508 e. The van der Waals surface area contributed by atoms with Gasteiger partial charge in [-0.25, -0.2) is 0 Å². The number of aromatic hydroxyl groups is 1. The van der Waals surface area contributed by atoms with E-state index >= 15 is 0 Å². The molecule has 0 radical (unpaired) electrons. The molecule has 10 nitrogen and oxygen atoms in total. The number of imide groups is 1. The van der Waals surface area contributed by atoms with Crippen molar-refractivity contribution < 1.29 is 29.0 Å². The van der Waals surface area contributed by atoms with Crippen LogP contribution < -0.4 is 10.1 Å². The molecular weight excluding hydrogens is 825 g/mol. The molecule has 0 spiro atoms. The lowest BCUT2D eigenvalue weighted by Crippen LogP contribution is -2.52. The highest BCUT2D eigenvalue weighted by molar-refractivity contribution is 6.05. The molecule has 0 aromatic heterocycles. The molecule has 1 saturated carbocycles. The number of fused-ring (bicyclic) bond motifs is 1. The summed E-state index contributed by atoms with van der Waals surface area (Å²) in [5.41, 5.74) is 8.72. The van der Waals surface area contributed by atoms with Crippen LogP contribution in [-0.2, 0) is 20.9 Å². The SMILES string of the molecule is CC/C(=C(\c1ccc(O)cc1)c1ccc(OCCN2CCC(OC3CCC(c4ccc5c(c4)CN(C4CCC(=O)NC4=O)C5=O)CN3C3CCCCCCCCC3)C2)cc1)c1ccccc1. The molecule has 2 N–H and O–H groups in total. The van der Waals surface area contributed by atoms with Crippen LogP contribution in [-0.4, -0.2) is 94.7 Å². The number of carbonyl (C=O) groups excluding carboxylic acids is 3. The monoisotopic (exact) mass is 893 g/mol. The summed E-state index contributed by atoms with van der Waals surface area (Å²) in [7, 11) is 0. The van der Waals surface area contributed by atoms with E-state index in [4.69, 9.17) is 9.47 Å². The largest absolute Gasteiger partial charge is 0.508 e. The standard InChI is InChI=1S/C56H68N4O6/c1-2-49(39-13-9-8-10-14-39)54(40-17-23-46(61)24-18-40)41-19-25-47(26-20-41)65-34-33-58-32-31-48(38-58)66-53-30-22-43(36-59(53)45-15-11-6-4-3-5-7-12-16-45)42-21-27-50-44(35-42)37-60(56(50)64)51-28-29-52(62)57-55(51)63/h8-10,13-14,17-21,23-27,35,43,45,48,51,53,61H,2-7,11-12,15-16,22,28-34,36-38H2,1H3,(H,57,62,63)/b54-49-. The number of ether oxygens (including phenoxy) is 2. The van der Waals surface area contributed by atoms with E-state index in [-0.39, 0.29) is 42.2 Å². The van der Waals surface area contributed by atoms with E-state index in [1.54, 1.807) is 17.0 Å². The summed E-state index contributed by atoms with van der Waals surface area (Å²) < 4.78 is 13.5. The van der Waals surface area contributed by atoms with Crippen molar-refractivity contribution in [3.8, 4) is 11.5 Å². The molecule has 3 saturated heterocycles. The first-order valence-corrected chi connectivity index (χ1v) is 25.0. The van der Waals surface area contributed by atoms with Crippen molar-refractivity contribution in [2.75, 3.05) is 32.8 Å². The number of hydrogen-bond donors (Lipinski definition) is 2. The van der Waals surface area contributed by atoms with Crippen molar-refractivity contribution in [3.05, 3.63) is 130 Å². The van der Waals surface area contributed by atoms with Crippen LogP contribution in [0.5, 0.6) is 11.5 Å². The second kappa shape index (κ2) is 21.6. The first kappa shape index (κ1) is 45.8. The number of nitrogens with zero attached hydrogens (tertiary/aromatic N) is 3. The summed E-state index contributed by atoms with van der Waals surface area (Å²) in [4.78, 5) is 44.9. The van der Waals surface area contributed by atoms with Gasteiger partial charge in [-0.05, 0) is 120 Å². The third kappa shape index (κ3) is 10.8. The van der Waals surface area contributed by atoms with Crippen molar-refractivity contribution in [3.63, 3.8) is 0 Å². The molecule has 4 fully saturated rings. The number of hydrogen-bond acceptors (Lipinski definition) is 8. The van der Waals surface area contributed by atoms with Crippen LogP contribution in [0.3, 0.4) is 0 Å². The van der Waals surface area contributed by atoms with Crippen LogP contribution in [0.25, 0.3) is 11.1 Å². The third-order valence-electron chi connectivity index (χ3n) is 15.0. The smallest absolute Gasteiger partial charge is 0.255 e. The quantitative estimate of drug-likeness (QED) is 0.101. The zero-order valence-corrected chi connectivity index (χ0v) is 38.8. The summed E-state index contributed by atoms with van der Waals surface area (Å²) in [5, 5.41) is 12.5. The maximum Gasteiger partial charge on any atom is 0.255 e. The van der Waals surface area contributed by atoms with E-state index in [9.17, 15) is 19.5 Å². The first-order valence-electron chi connectivity index (χ1n) is 25.0. The minimum absolute atomic E-state index is 0.0866. The molecule has 10 heteroatoms. The predicted molar refractivity (Wildman–Crippen MR) is 259 cm³/mol. The van der Waals surface area contributed by atoms with Gasteiger partial charge in [-0.2, -0.15) is 0 Å². The predicted octanol–water partition coefficient (Wildman–Crippen LogP) is 10.1. The average molecular weight is 893 g/mol. The highest BCUT2D eigenvalue weighted by atomic mass is 16.5. The maximum absolute atomic E-state index is 13.5. The number of rotatable bonds is 13. The van der Waals surface area contributed by atoms with Gasteiger partial charge in [-0.3, -0.25) is 29.5 Å². The highest BCUT2D eigenvalue weighted by Gasteiger charge is 2.41. The lowest BCUT2D eigenvalue weighted by atomic mass is 9.86. The van der Waals surface area contributed by atoms with Crippen LogP contribution >= 0.6 is 0 Å². The number of likely N-dealkylation sites (tertiary alicyclic amines) is 2. The molecule has 4 aromatic rings. The van der Waals surface area contributed by atoms with Crippen LogP contribution in [0, 0.1) is 0 Å². The molecule has 66 heavy (non-hydrogen) atoms. The van der Waals surface area contributed by atoms with E-state index in [1.807, 2.05) is 24.3 Å². The van der Waals surface area contributed by atoms with Gasteiger partial charge in [0.05, 0.1) is 6.10 Å². The van der Waals surface area contributed by atoms with Crippen molar-refractivity contribution in [2.45, 2.75) is 140 Å². The zero-order valence-electron chi connectivity index (χ0n) is 38.8. The number of piperidine rings is 2. The molecule has 4 unspecified atom stereocenters. The molecule has 4 aromatic carbocycles. The van der Waals surface area contributed by atoms with Crippen molar-refractivity contribution >= 4 is 28.9 Å². The van der Waals surface area contributed by atoms with E-state index in [2.05, 4.69) is 82.7 Å². The summed E-state index contributed by atoms with van der Waals surface area (Å²) >= 11 is 0. The highest BCUT2D eigenvalue weighted by Crippen LogP contribution is 2.39. The number of nitrogens with one attached hydrogen (secondary N) is 1. The molecule has 3 amide bonds. The van der Waals surface area contributed by atoms with E-state index in [0.29, 0.717) is 37.1 Å². The Balaban J connectivity index is 0.825. The van der Waals surface area contributed by atoms with Gasteiger partial charge >= 0.3 is 0 Å². The summed E-state index contributed by atoms with van der Waals surface area (Å²) in [6.45, 7) is 6.90. The summed E-state index contributed by atoms with van der Waals surface area (Å²) in [6.07, 6.45) is 16.4. The van der Waals surface area contributed by atoms with E-state index in [0.717, 1.165) is 79.9 Å². The molecule has 9 rings (SSSR count). The Bertz CT molecular complexity index is 2320. The van der Waals surface area contributed by atoms with Gasteiger partial charge in [0.25, 0.3) is 5.91 Å². The average Bonchev–Trinajstić information content (AvgIpc) is 3.93. The van der Waals surface area contributed by atoms with Gasteiger partial charge in [0, 0.05) is 50.7 Å². The van der Waals surface area contributed by atoms with Crippen LogP contribution in [0.1, 0.15) is 147 Å². The fourth-order valence-corrected chi connectivity index (χ4v) is 11.4. The molecule has 4 aliphatic heterocycles. The van der Waals surface area contributed by atoms with Crippen LogP contribution in [0.4, 0.5) is 0 Å². The van der Waals surface area contributed by atoms with Crippen LogP contribution in [0.15, 0.2) is 97.1 Å². The van der Waals surface area contributed by atoms with Gasteiger partial charge in [0.15, 0.2) is 0 Å². The number of carbonyl (C=O) groups is 3. The van der Waals surface area contributed by atoms with Gasteiger partial charge in [0.2, 0.25) is 11.8 Å². The topological polar surface area (TPSA) is 112 Å². The zero-order chi connectivity index (χ0) is 45.4. The molecular formula is C56H68N4O6. The lowest BCUT2D eigenvalue weighted by molar-refractivity contribution is -0.137. The Kier molecular flexibility index (Phi) is 15.0. The molecule has 4 atom stereocenters. The number of allylic oxidation sites excluding steroid dienone is 1. The number of benzene rings is 4. The fourth-order valence-electron chi connectivity index (χ4n) is 11.4. The molecule has 1 aliphatic carbocycles. The second-order valence-electron chi connectivity index (χ2n) is 19.3. The Morgan fingerprint density at radius 2 is 1.45 bits per heavy atom. The fraction of sp³-hybridized carbons (Fsp3) is 0.482. The molecule has 5 aliphatic rings. The van der Waals surface area contributed by atoms with Gasteiger partial charge < -0.3 is 19.5 Å². The molecule has 4 heterocycles. The minimum atomic E-state index is -0.603. The van der Waals surface area contributed by atoms with E-state index < -0.39 is 6.04 Å². The third-order valence-corrected chi connectivity index (χ3v) is 15.0. The van der Waals surface area contributed by atoms with Gasteiger partial charge in [-0.15, -0.1) is 0 Å². The number of phenols is 1. The second-order valence-corrected chi connectivity index (χ2v) is 19.3. The summed E-state index contributed by atoms with van der Waals surface area (Å²) in [5.74, 6) is 0.701. The van der Waals surface area contributed by atoms with Crippen LogP contribution in [0.2, 0.25) is 0 Å². The Morgan fingerprint density at radius 3 is 2.17 bits per heavy atom. The normalized spacial score (nSPS) is 24.2. The lowest BCUT2D eigenvalue weighted by Gasteiger charge is -2.45. The number of phenolic OH excluding ortho intramolecular Hbond substituents is 1. The van der Waals surface area contributed by atoms with Gasteiger partial charge in [0.1, 0.15) is 30.4 Å². The Morgan fingerprint density at radius 1 is 0.742 bits per heavy atom. The van der Waals surface area contributed by atoms with Gasteiger partial charge in [-0.1, -0.05) is 119 Å². The van der Waals surface area contributed by atoms with Crippen molar-refractivity contribution in [1.82, 2.24) is 20.0 Å². The maximum atomic E-state index is 13.5. The molecule has 0 bridgehead atoms. The van der Waals surface area contributed by atoms with E-state index in [1.165, 1.54) is 74.5 Å². The van der Waals surface area contributed by atoms with Crippen molar-refractivity contribution in [1.29, 1.82) is 0 Å². The molecule has 348 valence electrons. The first-order chi connectivity index (χ1) is 32.3. The Hall–Kier alpha value is -5.29. The Labute approximate surface area is 391 Å². The van der Waals surface area contributed by atoms with Crippen molar-refractivity contribution in [2.24, 2.45) is 0 Å². The summed E-state index contributed by atoms with van der Waals surface area (Å²) in [6, 6.07) is 32.7. The number of amides is 3.